The van der Waals surface area contributed by atoms with E-state index < -0.39 is 0 Å². The van der Waals surface area contributed by atoms with Crippen LogP contribution in [0.2, 0.25) is 0 Å². The molecule has 0 saturated heterocycles. The van der Waals surface area contributed by atoms with Gasteiger partial charge < -0.3 is 14.6 Å². The van der Waals surface area contributed by atoms with Crippen molar-refractivity contribution in [3.8, 4) is 5.75 Å². The van der Waals surface area contributed by atoms with Crippen LogP contribution in [0.5, 0.6) is 5.75 Å². The van der Waals surface area contributed by atoms with Crippen LogP contribution in [0.1, 0.15) is 23.2 Å². The fourth-order valence-corrected chi connectivity index (χ4v) is 2.12. The molecule has 0 aliphatic carbocycles. The summed E-state index contributed by atoms with van der Waals surface area (Å²) in [7, 11) is 1.90. The second-order valence-corrected chi connectivity index (χ2v) is 4.30. The van der Waals surface area contributed by atoms with Crippen molar-refractivity contribution < 1.29 is 9.26 Å². The number of para-hydroxylation sites is 1. The fraction of sp³-hybridized carbons (Fsp3) is 0.385. The number of fused-ring (bicyclic) bond motifs is 1. The van der Waals surface area contributed by atoms with Crippen molar-refractivity contribution in [3.05, 3.63) is 41.5 Å². The molecule has 2 heterocycles. The van der Waals surface area contributed by atoms with E-state index in [0.29, 0.717) is 18.3 Å². The molecule has 1 atom stereocenters. The molecule has 1 aromatic carbocycles. The zero-order valence-corrected chi connectivity index (χ0v) is 10.2. The van der Waals surface area contributed by atoms with Gasteiger partial charge in [-0.3, -0.25) is 0 Å². The summed E-state index contributed by atoms with van der Waals surface area (Å²) < 4.78 is 10.9. The fourth-order valence-electron chi connectivity index (χ4n) is 2.12. The van der Waals surface area contributed by atoms with E-state index >= 15 is 0 Å². The Morgan fingerprint density at radius 3 is 3.17 bits per heavy atom. The summed E-state index contributed by atoms with van der Waals surface area (Å²) in [6.07, 6.45) is 0.749. The summed E-state index contributed by atoms with van der Waals surface area (Å²) in [6.45, 7) is 1.42. The average Bonchev–Trinajstić information content (AvgIpc) is 3.02. The van der Waals surface area contributed by atoms with Crippen molar-refractivity contribution in [3.63, 3.8) is 0 Å². The van der Waals surface area contributed by atoms with Gasteiger partial charge in [0.25, 0.3) is 0 Å². The number of aromatic nitrogens is 2. The van der Waals surface area contributed by atoms with Gasteiger partial charge in [0.1, 0.15) is 12.4 Å². The summed E-state index contributed by atoms with van der Waals surface area (Å²) >= 11 is 0. The first kappa shape index (κ1) is 11.2. The zero-order valence-electron chi connectivity index (χ0n) is 10.2. The number of likely N-dealkylation sites (N-methyl/N-ethyl adjacent to an activating group) is 1. The number of ether oxygens (including phenoxy) is 1. The van der Waals surface area contributed by atoms with Gasteiger partial charge in [0, 0.05) is 18.5 Å². The van der Waals surface area contributed by atoms with Gasteiger partial charge >= 0.3 is 0 Å². The Labute approximate surface area is 105 Å². The molecule has 0 spiro atoms. The highest BCUT2D eigenvalue weighted by atomic mass is 16.5. The van der Waals surface area contributed by atoms with Crippen LogP contribution >= 0.6 is 0 Å². The molecule has 1 aliphatic rings. The highest BCUT2D eigenvalue weighted by molar-refractivity contribution is 5.42. The lowest BCUT2D eigenvalue weighted by Gasteiger charge is -2.01. The number of nitrogens with zero attached hydrogens (tertiary/aromatic N) is 2. The van der Waals surface area contributed by atoms with Gasteiger partial charge in [0.05, 0.1) is 5.92 Å². The highest BCUT2D eigenvalue weighted by Gasteiger charge is 2.29. The summed E-state index contributed by atoms with van der Waals surface area (Å²) in [6, 6.07) is 7.99. The van der Waals surface area contributed by atoms with Crippen molar-refractivity contribution in [2.45, 2.75) is 12.3 Å². The molecule has 18 heavy (non-hydrogen) atoms. The highest BCUT2D eigenvalue weighted by Crippen LogP contribution is 2.36. The minimum absolute atomic E-state index is 0.0910. The summed E-state index contributed by atoms with van der Waals surface area (Å²) in [5, 5.41) is 7.11. The Bertz CT molecular complexity index is 539. The minimum atomic E-state index is 0.0910. The molecule has 1 unspecified atom stereocenters. The number of hydrogen-bond donors (Lipinski definition) is 1. The van der Waals surface area contributed by atoms with Crippen molar-refractivity contribution >= 4 is 0 Å². The molecule has 5 nitrogen and oxygen atoms in total. The van der Waals surface area contributed by atoms with Crippen LogP contribution in [-0.4, -0.2) is 30.3 Å². The standard InChI is InChI=1S/C13H15N3O2/c1-14-7-6-12-15-13(16-18-12)10-8-17-11-5-3-2-4-9(10)11/h2-5,10,14H,6-8H2,1H3. The number of rotatable bonds is 4. The average molecular weight is 245 g/mol. The summed E-state index contributed by atoms with van der Waals surface area (Å²) in [4.78, 5) is 4.43. The van der Waals surface area contributed by atoms with E-state index in [1.165, 1.54) is 0 Å². The third-order valence-electron chi connectivity index (χ3n) is 3.08. The third kappa shape index (κ3) is 1.97. The molecule has 94 valence electrons. The smallest absolute Gasteiger partial charge is 0.227 e. The first-order chi connectivity index (χ1) is 8.88. The maximum absolute atomic E-state index is 5.62. The summed E-state index contributed by atoms with van der Waals surface area (Å²) in [5.74, 6) is 2.40. The predicted molar refractivity (Wildman–Crippen MR) is 65.7 cm³/mol. The largest absolute Gasteiger partial charge is 0.492 e. The SMILES string of the molecule is CNCCc1nc(C2COc3ccccc32)no1. The van der Waals surface area contributed by atoms with Crippen LogP contribution in [0.4, 0.5) is 0 Å². The van der Waals surface area contributed by atoms with E-state index in [2.05, 4.69) is 21.5 Å². The quantitative estimate of drug-likeness (QED) is 0.881. The molecule has 0 bridgehead atoms. The van der Waals surface area contributed by atoms with Crippen LogP contribution in [0.25, 0.3) is 0 Å². The molecule has 5 heteroatoms. The molecule has 2 aromatic rings. The van der Waals surface area contributed by atoms with Gasteiger partial charge in [-0.05, 0) is 13.1 Å². The van der Waals surface area contributed by atoms with Crippen molar-refractivity contribution in [1.82, 2.24) is 15.5 Å². The first-order valence-electron chi connectivity index (χ1n) is 6.07. The van der Waals surface area contributed by atoms with E-state index in [0.717, 1.165) is 24.3 Å². The van der Waals surface area contributed by atoms with Crippen molar-refractivity contribution in [2.24, 2.45) is 0 Å². The van der Waals surface area contributed by atoms with Gasteiger partial charge in [0.15, 0.2) is 5.82 Å². The van der Waals surface area contributed by atoms with Gasteiger partial charge in [-0.1, -0.05) is 23.4 Å². The summed E-state index contributed by atoms with van der Waals surface area (Å²) in [5.41, 5.74) is 1.14. The Morgan fingerprint density at radius 2 is 2.28 bits per heavy atom. The van der Waals surface area contributed by atoms with E-state index in [1.807, 2.05) is 25.2 Å². The second kappa shape index (κ2) is 4.78. The maximum Gasteiger partial charge on any atom is 0.227 e. The van der Waals surface area contributed by atoms with E-state index in [4.69, 9.17) is 9.26 Å². The predicted octanol–water partition coefficient (Wildman–Crippen LogP) is 1.36. The lowest BCUT2D eigenvalue weighted by Crippen LogP contribution is -2.10. The normalized spacial score (nSPS) is 17.5. The number of benzene rings is 1. The van der Waals surface area contributed by atoms with Crippen LogP contribution in [-0.2, 0) is 6.42 Å². The third-order valence-corrected chi connectivity index (χ3v) is 3.08. The Kier molecular flexibility index (Phi) is 2.98. The first-order valence-corrected chi connectivity index (χ1v) is 6.07. The number of hydrogen-bond acceptors (Lipinski definition) is 5. The Morgan fingerprint density at radius 1 is 1.39 bits per heavy atom. The molecule has 0 saturated carbocycles. The van der Waals surface area contributed by atoms with Gasteiger partial charge in [-0.15, -0.1) is 0 Å². The van der Waals surface area contributed by atoms with Crippen LogP contribution in [0.15, 0.2) is 28.8 Å². The topological polar surface area (TPSA) is 60.2 Å². The van der Waals surface area contributed by atoms with Crippen LogP contribution < -0.4 is 10.1 Å². The lowest BCUT2D eigenvalue weighted by molar-refractivity contribution is 0.331. The van der Waals surface area contributed by atoms with Gasteiger partial charge in [-0.25, -0.2) is 0 Å². The molecule has 0 amide bonds. The monoisotopic (exact) mass is 245 g/mol. The molecule has 1 aliphatic heterocycles. The van der Waals surface area contributed by atoms with E-state index in [1.54, 1.807) is 0 Å². The minimum Gasteiger partial charge on any atom is -0.492 e. The molecule has 1 aromatic heterocycles. The Balaban J connectivity index is 1.82. The molecular weight excluding hydrogens is 230 g/mol. The zero-order chi connectivity index (χ0) is 12.4. The molecular formula is C13H15N3O2. The van der Waals surface area contributed by atoms with Crippen LogP contribution in [0.3, 0.4) is 0 Å². The van der Waals surface area contributed by atoms with Crippen molar-refractivity contribution in [2.75, 3.05) is 20.2 Å². The van der Waals surface area contributed by atoms with Gasteiger partial charge in [0.2, 0.25) is 5.89 Å². The molecule has 0 fully saturated rings. The van der Waals surface area contributed by atoms with Gasteiger partial charge in [-0.2, -0.15) is 4.98 Å². The Hall–Kier alpha value is -1.88. The van der Waals surface area contributed by atoms with Crippen LogP contribution in [0, 0.1) is 0 Å². The van der Waals surface area contributed by atoms with E-state index in [9.17, 15) is 0 Å². The maximum atomic E-state index is 5.62. The van der Waals surface area contributed by atoms with E-state index in [-0.39, 0.29) is 5.92 Å². The molecule has 1 N–H and O–H groups in total. The second-order valence-electron chi connectivity index (χ2n) is 4.30. The lowest BCUT2D eigenvalue weighted by atomic mass is 10.0. The molecule has 0 radical (unpaired) electrons. The number of nitrogens with one attached hydrogen (secondary N) is 1. The van der Waals surface area contributed by atoms with Crippen molar-refractivity contribution in [1.29, 1.82) is 0 Å². The molecule has 3 rings (SSSR count).